The van der Waals surface area contributed by atoms with E-state index in [2.05, 4.69) is 20.3 Å². The summed E-state index contributed by atoms with van der Waals surface area (Å²) in [6.45, 7) is 0.601. The minimum absolute atomic E-state index is 0.0943. The highest BCUT2D eigenvalue weighted by molar-refractivity contribution is 6.08. The van der Waals surface area contributed by atoms with Crippen molar-refractivity contribution in [1.82, 2.24) is 25.2 Å². The van der Waals surface area contributed by atoms with Gasteiger partial charge in [-0.3, -0.25) is 24.8 Å². The summed E-state index contributed by atoms with van der Waals surface area (Å²) >= 11 is 0. The lowest BCUT2D eigenvalue weighted by atomic mass is 9.97. The molecular formula is C31H31N7O4. The Labute approximate surface area is 243 Å². The third kappa shape index (κ3) is 5.91. The first kappa shape index (κ1) is 28.2. The van der Waals surface area contributed by atoms with Gasteiger partial charge >= 0.3 is 0 Å². The van der Waals surface area contributed by atoms with Crippen LogP contribution in [0.5, 0.6) is 11.5 Å². The summed E-state index contributed by atoms with van der Waals surface area (Å²) < 4.78 is 10.9. The Morgan fingerprint density at radius 3 is 2.60 bits per heavy atom. The minimum Gasteiger partial charge on any atom is -0.493 e. The van der Waals surface area contributed by atoms with Gasteiger partial charge in [-0.15, -0.1) is 0 Å². The predicted molar refractivity (Wildman–Crippen MR) is 159 cm³/mol. The first-order valence-corrected chi connectivity index (χ1v) is 13.3. The van der Waals surface area contributed by atoms with Crippen molar-refractivity contribution in [3.63, 3.8) is 0 Å². The molecule has 0 saturated carbocycles. The average molecular weight is 566 g/mol. The maximum absolute atomic E-state index is 14.0. The molecule has 0 aliphatic carbocycles. The molecule has 1 atom stereocenters. The number of aromatic nitrogens is 3. The zero-order chi connectivity index (χ0) is 29.6. The number of pyridine rings is 1. The first-order chi connectivity index (χ1) is 20.4. The van der Waals surface area contributed by atoms with Crippen LogP contribution in [0.1, 0.15) is 44.5 Å². The number of nitrogens with zero attached hydrogens (tertiary/aromatic N) is 4. The number of anilines is 2. The number of nitrogens with one attached hydrogen (secondary N) is 1. The number of amides is 2. The van der Waals surface area contributed by atoms with Gasteiger partial charge in [0, 0.05) is 42.6 Å². The van der Waals surface area contributed by atoms with Crippen LogP contribution >= 0.6 is 0 Å². The number of carbonyl (C=O) groups excluding carboxylic acids is 2. The van der Waals surface area contributed by atoms with Crippen molar-refractivity contribution in [3.8, 4) is 11.5 Å². The SMILES string of the molecule is COc1cccc(C=CC(=O)N(C(=O)c2ccc(Cc3cnc(N)nc3N)cn2)C2NCCc3ccccc32)c1OC. The quantitative estimate of drug-likeness (QED) is 0.271. The average Bonchev–Trinajstić information content (AvgIpc) is 3.01. The molecule has 5 rings (SSSR count). The van der Waals surface area contributed by atoms with Crippen molar-refractivity contribution in [1.29, 1.82) is 0 Å². The Kier molecular flexibility index (Phi) is 8.39. The van der Waals surface area contributed by atoms with E-state index in [1.54, 1.807) is 55.9 Å². The normalized spacial score (nSPS) is 14.3. The van der Waals surface area contributed by atoms with Crippen LogP contribution in [0.3, 0.4) is 0 Å². The zero-order valence-electron chi connectivity index (χ0n) is 23.3. The molecule has 0 bridgehead atoms. The van der Waals surface area contributed by atoms with Crippen molar-refractivity contribution >= 4 is 29.7 Å². The van der Waals surface area contributed by atoms with E-state index in [0.29, 0.717) is 35.6 Å². The molecule has 1 unspecified atom stereocenters. The van der Waals surface area contributed by atoms with Gasteiger partial charge in [0.05, 0.1) is 14.2 Å². The Bertz CT molecular complexity index is 1640. The van der Waals surface area contributed by atoms with Gasteiger partial charge in [0.25, 0.3) is 11.8 Å². The lowest BCUT2D eigenvalue weighted by molar-refractivity contribution is -0.126. The van der Waals surface area contributed by atoms with Crippen LogP contribution in [0, 0.1) is 0 Å². The van der Waals surface area contributed by atoms with E-state index >= 15 is 0 Å². The Morgan fingerprint density at radius 1 is 1.02 bits per heavy atom. The molecule has 11 nitrogen and oxygen atoms in total. The fourth-order valence-electron chi connectivity index (χ4n) is 4.91. The van der Waals surface area contributed by atoms with Gasteiger partial charge in [0.15, 0.2) is 11.5 Å². The maximum Gasteiger partial charge on any atom is 0.280 e. The molecule has 0 spiro atoms. The van der Waals surface area contributed by atoms with Crippen LogP contribution < -0.4 is 26.3 Å². The summed E-state index contributed by atoms with van der Waals surface area (Å²) in [4.78, 5) is 41.4. The number of ether oxygens (including phenoxy) is 2. The van der Waals surface area contributed by atoms with Crippen LogP contribution in [-0.2, 0) is 17.6 Å². The van der Waals surface area contributed by atoms with Crippen LogP contribution in [0.15, 0.2) is 73.1 Å². The maximum atomic E-state index is 14.0. The van der Waals surface area contributed by atoms with Crippen molar-refractivity contribution in [3.05, 3.63) is 107 Å². The number of para-hydroxylation sites is 1. The second kappa shape index (κ2) is 12.5. The topological polar surface area (TPSA) is 159 Å². The zero-order valence-corrected chi connectivity index (χ0v) is 23.3. The number of carbonyl (C=O) groups is 2. The number of hydrogen-bond acceptors (Lipinski definition) is 10. The van der Waals surface area contributed by atoms with E-state index in [4.69, 9.17) is 20.9 Å². The van der Waals surface area contributed by atoms with E-state index in [1.165, 1.54) is 18.1 Å². The third-order valence-corrected chi connectivity index (χ3v) is 6.99. The number of nitrogens with two attached hydrogens (primary N) is 2. The van der Waals surface area contributed by atoms with Gasteiger partial charge in [-0.1, -0.05) is 42.5 Å². The summed E-state index contributed by atoms with van der Waals surface area (Å²) in [6.07, 6.45) is 6.60. The molecule has 0 fully saturated rings. The molecule has 0 radical (unpaired) electrons. The van der Waals surface area contributed by atoms with Crippen LogP contribution in [-0.4, -0.2) is 52.4 Å². The number of hydrogen-bond donors (Lipinski definition) is 3. The highest BCUT2D eigenvalue weighted by Crippen LogP contribution is 2.32. The molecule has 2 amide bonds. The number of methoxy groups -OCH3 is 2. The van der Waals surface area contributed by atoms with Gasteiger partial charge in [-0.25, -0.2) is 4.98 Å². The Balaban J connectivity index is 1.46. The second-order valence-electron chi connectivity index (χ2n) is 9.60. The van der Waals surface area contributed by atoms with Crippen LogP contribution in [0.2, 0.25) is 0 Å². The molecule has 1 aliphatic heterocycles. The molecule has 2 aromatic carbocycles. The molecule has 42 heavy (non-hydrogen) atoms. The second-order valence-corrected chi connectivity index (χ2v) is 9.60. The lowest BCUT2D eigenvalue weighted by Gasteiger charge is -2.34. The van der Waals surface area contributed by atoms with Gasteiger partial charge in [-0.05, 0) is 41.3 Å². The molecule has 1 aliphatic rings. The highest BCUT2D eigenvalue weighted by Gasteiger charge is 2.34. The van der Waals surface area contributed by atoms with Gasteiger partial charge in [0.1, 0.15) is 17.7 Å². The minimum atomic E-state index is -0.681. The van der Waals surface area contributed by atoms with Gasteiger partial charge in [0.2, 0.25) is 5.95 Å². The summed E-state index contributed by atoms with van der Waals surface area (Å²) in [5, 5.41) is 3.34. The standard InChI is InChI=1S/C31H31N7O4/c1-41-25-9-5-7-21(27(25)42-2)11-13-26(39)38(29-23-8-4-3-6-20(23)14-15-34-29)30(40)24-12-10-19(17-35-24)16-22-18-36-31(33)37-28(22)32/h3-13,17-18,29,34H,14-16H2,1-2H3,(H4,32,33,36,37). The smallest absolute Gasteiger partial charge is 0.280 e. The van der Waals surface area contributed by atoms with E-state index < -0.39 is 18.0 Å². The molecule has 2 aromatic heterocycles. The van der Waals surface area contributed by atoms with E-state index in [1.807, 2.05) is 24.3 Å². The van der Waals surface area contributed by atoms with Crippen molar-refractivity contribution in [2.75, 3.05) is 32.2 Å². The van der Waals surface area contributed by atoms with Crippen LogP contribution in [0.4, 0.5) is 11.8 Å². The first-order valence-electron chi connectivity index (χ1n) is 13.3. The van der Waals surface area contributed by atoms with Gasteiger partial charge < -0.3 is 20.9 Å². The van der Waals surface area contributed by atoms with Crippen molar-refractivity contribution in [2.24, 2.45) is 0 Å². The Hall–Kier alpha value is -5.29. The number of nitrogen functional groups attached to an aromatic ring is 2. The summed E-state index contributed by atoms with van der Waals surface area (Å²) in [5.41, 5.74) is 15.7. The van der Waals surface area contributed by atoms with Crippen LogP contribution in [0.25, 0.3) is 6.08 Å². The molecule has 11 heteroatoms. The highest BCUT2D eigenvalue weighted by atomic mass is 16.5. The largest absolute Gasteiger partial charge is 0.493 e. The van der Waals surface area contributed by atoms with E-state index in [-0.39, 0.29) is 17.5 Å². The van der Waals surface area contributed by atoms with Crippen molar-refractivity contribution in [2.45, 2.75) is 19.0 Å². The fraction of sp³-hybridized carbons (Fsp3) is 0.194. The number of benzene rings is 2. The summed E-state index contributed by atoms with van der Waals surface area (Å²) in [5.74, 6) is 0.319. The van der Waals surface area contributed by atoms with E-state index in [9.17, 15) is 9.59 Å². The Morgan fingerprint density at radius 2 is 1.86 bits per heavy atom. The predicted octanol–water partition coefficient (Wildman–Crippen LogP) is 3.17. The lowest BCUT2D eigenvalue weighted by Crippen LogP contribution is -2.48. The monoisotopic (exact) mass is 565 g/mol. The molecule has 5 N–H and O–H groups in total. The van der Waals surface area contributed by atoms with Crippen molar-refractivity contribution < 1.29 is 19.1 Å². The summed E-state index contributed by atoms with van der Waals surface area (Å²) in [6, 6.07) is 16.5. The molecule has 3 heterocycles. The molecule has 0 saturated heterocycles. The molecular weight excluding hydrogens is 534 g/mol. The number of imide groups is 1. The third-order valence-electron chi connectivity index (χ3n) is 6.99. The summed E-state index contributed by atoms with van der Waals surface area (Å²) in [7, 11) is 3.07. The molecule has 4 aromatic rings. The van der Waals surface area contributed by atoms with E-state index in [0.717, 1.165) is 23.1 Å². The fourth-order valence-corrected chi connectivity index (χ4v) is 4.91. The molecule has 214 valence electrons. The number of rotatable bonds is 8. The number of fused-ring (bicyclic) bond motifs is 1. The van der Waals surface area contributed by atoms with Gasteiger partial charge in [-0.2, -0.15) is 4.98 Å².